The molecule has 2 aromatic rings. The Morgan fingerprint density at radius 2 is 1.90 bits per heavy atom. The van der Waals surface area contributed by atoms with Crippen LogP contribution in [0.15, 0.2) is 48.5 Å². The lowest BCUT2D eigenvalue weighted by Crippen LogP contribution is -2.32. The van der Waals surface area contributed by atoms with Crippen molar-refractivity contribution in [2.75, 3.05) is 25.1 Å². The third-order valence-corrected chi connectivity index (χ3v) is 4.45. The summed E-state index contributed by atoms with van der Waals surface area (Å²) in [4.78, 5) is 2.40. The third kappa shape index (κ3) is 3.16. The molecular formula is C18H20ClNO. The number of benzene rings is 2. The molecule has 0 aromatic heterocycles. The second-order valence-electron chi connectivity index (χ2n) is 5.42. The molecular weight excluding hydrogens is 282 g/mol. The van der Waals surface area contributed by atoms with E-state index in [2.05, 4.69) is 29.2 Å². The Balaban J connectivity index is 1.74. The van der Waals surface area contributed by atoms with Crippen molar-refractivity contribution in [3.05, 3.63) is 59.7 Å². The second-order valence-corrected chi connectivity index (χ2v) is 5.95. The summed E-state index contributed by atoms with van der Waals surface area (Å²) in [5.41, 5.74) is 3.91. The summed E-state index contributed by atoms with van der Waals surface area (Å²) in [5, 5.41) is -0.0120. The predicted octanol–water partition coefficient (Wildman–Crippen LogP) is 4.43. The minimum atomic E-state index is -0.0120. The van der Waals surface area contributed by atoms with Gasteiger partial charge in [-0.15, -0.1) is 11.6 Å². The average molecular weight is 302 g/mol. The van der Waals surface area contributed by atoms with E-state index in [4.69, 9.17) is 16.3 Å². The van der Waals surface area contributed by atoms with Crippen molar-refractivity contribution >= 4 is 17.3 Å². The Hall–Kier alpha value is -1.67. The normalized spacial score (nSPS) is 15.4. The van der Waals surface area contributed by atoms with Gasteiger partial charge in [0.1, 0.15) is 5.75 Å². The van der Waals surface area contributed by atoms with E-state index < -0.39 is 0 Å². The maximum atomic E-state index is 6.62. The van der Waals surface area contributed by atoms with Gasteiger partial charge < -0.3 is 9.64 Å². The van der Waals surface area contributed by atoms with Crippen LogP contribution < -0.4 is 9.64 Å². The maximum Gasteiger partial charge on any atom is 0.118 e. The highest BCUT2D eigenvalue weighted by atomic mass is 35.5. The highest BCUT2D eigenvalue weighted by molar-refractivity contribution is 6.21. The molecule has 0 bridgehead atoms. The third-order valence-electron chi connectivity index (χ3n) is 4.06. The summed E-state index contributed by atoms with van der Waals surface area (Å²) in [6.07, 6.45) is 2.37. The van der Waals surface area contributed by atoms with Crippen molar-refractivity contribution in [3.8, 4) is 5.75 Å². The summed E-state index contributed by atoms with van der Waals surface area (Å²) in [6.45, 7) is 1.92. The lowest BCUT2D eigenvalue weighted by atomic mass is 10.0. The number of methoxy groups -OCH3 is 1. The first-order valence-corrected chi connectivity index (χ1v) is 7.82. The molecule has 0 amide bonds. The van der Waals surface area contributed by atoms with Gasteiger partial charge in [0.25, 0.3) is 0 Å². The van der Waals surface area contributed by atoms with Crippen molar-refractivity contribution in [1.82, 2.24) is 0 Å². The van der Waals surface area contributed by atoms with Gasteiger partial charge >= 0.3 is 0 Å². The van der Waals surface area contributed by atoms with Crippen molar-refractivity contribution in [1.29, 1.82) is 0 Å². The Bertz CT molecular complexity index is 596. The van der Waals surface area contributed by atoms with Crippen LogP contribution in [0.5, 0.6) is 5.75 Å². The Labute approximate surface area is 131 Å². The number of nitrogens with zero attached hydrogens (tertiary/aromatic N) is 1. The molecule has 1 aliphatic heterocycles. The van der Waals surface area contributed by atoms with Gasteiger partial charge in [-0.25, -0.2) is 0 Å². The number of hydrogen-bond acceptors (Lipinski definition) is 2. The van der Waals surface area contributed by atoms with E-state index in [0.29, 0.717) is 0 Å². The van der Waals surface area contributed by atoms with Gasteiger partial charge in [0.05, 0.1) is 12.5 Å². The summed E-state index contributed by atoms with van der Waals surface area (Å²) in [7, 11) is 1.68. The van der Waals surface area contributed by atoms with Gasteiger partial charge in [0.2, 0.25) is 0 Å². The molecule has 3 rings (SSSR count). The molecule has 1 aliphatic rings. The van der Waals surface area contributed by atoms with Gasteiger partial charge in [-0.2, -0.15) is 0 Å². The molecule has 1 unspecified atom stereocenters. The van der Waals surface area contributed by atoms with Gasteiger partial charge in [0, 0.05) is 18.8 Å². The summed E-state index contributed by atoms with van der Waals surface area (Å²) in [6, 6.07) is 16.7. The number of aryl methyl sites for hydroxylation is 1. The van der Waals surface area contributed by atoms with E-state index in [1.165, 1.54) is 24.1 Å². The fraction of sp³-hybridized carbons (Fsp3) is 0.333. The Kier molecular flexibility index (Phi) is 4.35. The lowest BCUT2D eigenvalue weighted by molar-refractivity contribution is 0.414. The van der Waals surface area contributed by atoms with Gasteiger partial charge in [-0.05, 0) is 42.2 Å². The van der Waals surface area contributed by atoms with E-state index in [1.807, 2.05) is 24.3 Å². The maximum absolute atomic E-state index is 6.62. The molecule has 110 valence electrons. The second kappa shape index (κ2) is 6.40. The summed E-state index contributed by atoms with van der Waals surface area (Å²) < 4.78 is 5.19. The zero-order valence-electron chi connectivity index (χ0n) is 12.3. The molecule has 21 heavy (non-hydrogen) atoms. The molecule has 1 atom stereocenters. The van der Waals surface area contributed by atoms with E-state index in [1.54, 1.807) is 7.11 Å². The molecule has 2 nitrogen and oxygen atoms in total. The molecule has 0 N–H and O–H groups in total. The van der Waals surface area contributed by atoms with Crippen LogP contribution in [-0.2, 0) is 6.42 Å². The molecule has 3 heteroatoms. The van der Waals surface area contributed by atoms with E-state index in [9.17, 15) is 0 Å². The van der Waals surface area contributed by atoms with E-state index in [-0.39, 0.29) is 5.38 Å². The van der Waals surface area contributed by atoms with Crippen LogP contribution in [0.2, 0.25) is 0 Å². The average Bonchev–Trinajstić information content (AvgIpc) is 2.55. The standard InChI is InChI=1S/C18H20ClNO/c1-21-16-10-8-14(9-11-16)17(19)13-20-12-4-6-15-5-2-3-7-18(15)20/h2-3,5,7-11,17H,4,6,12-13H2,1H3. The molecule has 0 aliphatic carbocycles. The van der Waals surface area contributed by atoms with Crippen molar-refractivity contribution < 1.29 is 4.74 Å². The Morgan fingerprint density at radius 3 is 2.67 bits per heavy atom. The smallest absolute Gasteiger partial charge is 0.118 e. The molecule has 1 heterocycles. The zero-order chi connectivity index (χ0) is 14.7. The molecule has 0 fully saturated rings. The fourth-order valence-corrected chi connectivity index (χ4v) is 3.22. The molecule has 2 aromatic carbocycles. The zero-order valence-corrected chi connectivity index (χ0v) is 13.0. The summed E-state index contributed by atoms with van der Waals surface area (Å²) in [5.74, 6) is 0.867. The van der Waals surface area contributed by atoms with Crippen LogP contribution in [0.4, 0.5) is 5.69 Å². The number of ether oxygens (including phenoxy) is 1. The van der Waals surface area contributed by atoms with Crippen molar-refractivity contribution in [2.45, 2.75) is 18.2 Å². The van der Waals surface area contributed by atoms with E-state index in [0.717, 1.165) is 24.4 Å². The van der Waals surface area contributed by atoms with E-state index >= 15 is 0 Å². The lowest BCUT2D eigenvalue weighted by Gasteiger charge is -2.32. The van der Waals surface area contributed by atoms with Crippen molar-refractivity contribution in [2.24, 2.45) is 0 Å². The molecule has 0 saturated carbocycles. The minimum absolute atomic E-state index is 0.0120. The minimum Gasteiger partial charge on any atom is -0.497 e. The van der Waals surface area contributed by atoms with Gasteiger partial charge in [0.15, 0.2) is 0 Å². The number of fused-ring (bicyclic) bond motifs is 1. The number of anilines is 1. The number of alkyl halides is 1. The number of halogens is 1. The molecule has 0 saturated heterocycles. The number of hydrogen-bond donors (Lipinski definition) is 0. The van der Waals surface area contributed by atoms with Crippen LogP contribution in [-0.4, -0.2) is 20.2 Å². The first-order chi connectivity index (χ1) is 10.3. The highest BCUT2D eigenvalue weighted by Gasteiger charge is 2.19. The number of rotatable bonds is 4. The van der Waals surface area contributed by atoms with Crippen LogP contribution in [0, 0.1) is 0 Å². The highest BCUT2D eigenvalue weighted by Crippen LogP contribution is 2.31. The predicted molar refractivity (Wildman–Crippen MR) is 88.6 cm³/mol. The SMILES string of the molecule is COc1ccc(C(Cl)CN2CCCc3ccccc32)cc1. The number of para-hydroxylation sites is 1. The van der Waals surface area contributed by atoms with Crippen LogP contribution in [0.1, 0.15) is 22.9 Å². The van der Waals surface area contributed by atoms with Crippen molar-refractivity contribution in [3.63, 3.8) is 0 Å². The first kappa shape index (κ1) is 14.3. The van der Waals surface area contributed by atoms with Crippen LogP contribution in [0.3, 0.4) is 0 Å². The summed E-state index contributed by atoms with van der Waals surface area (Å²) >= 11 is 6.62. The van der Waals surface area contributed by atoms with Crippen LogP contribution in [0.25, 0.3) is 0 Å². The first-order valence-electron chi connectivity index (χ1n) is 7.39. The Morgan fingerprint density at radius 1 is 1.14 bits per heavy atom. The monoisotopic (exact) mass is 301 g/mol. The van der Waals surface area contributed by atoms with Gasteiger partial charge in [-0.3, -0.25) is 0 Å². The molecule has 0 spiro atoms. The quantitative estimate of drug-likeness (QED) is 0.775. The van der Waals surface area contributed by atoms with Crippen LogP contribution >= 0.6 is 11.6 Å². The largest absolute Gasteiger partial charge is 0.497 e. The van der Waals surface area contributed by atoms with Gasteiger partial charge in [-0.1, -0.05) is 30.3 Å². The topological polar surface area (TPSA) is 12.5 Å². The fourth-order valence-electron chi connectivity index (χ4n) is 2.91. The molecule has 0 radical (unpaired) electrons.